The number of rotatable bonds is 4. The Morgan fingerprint density at radius 1 is 1.43 bits per heavy atom. The Morgan fingerprint density at radius 2 is 2.14 bits per heavy atom. The average Bonchev–Trinajstić information content (AvgIpc) is 2.17. The zero-order valence-corrected chi connectivity index (χ0v) is 10.0. The summed E-state index contributed by atoms with van der Waals surface area (Å²) in [5.41, 5.74) is 1.08. The molecule has 78 valence electrons. The number of likely N-dealkylation sites (N-methyl/N-ethyl adjacent to an activating group) is 1. The highest BCUT2D eigenvalue weighted by Gasteiger charge is 2.09. The Morgan fingerprint density at radius 3 is 2.71 bits per heavy atom. The fraction of sp³-hybridized carbons (Fsp3) is 0.455. The van der Waals surface area contributed by atoms with Gasteiger partial charge in [0, 0.05) is 11.6 Å². The van der Waals surface area contributed by atoms with Crippen molar-refractivity contribution in [1.29, 1.82) is 0 Å². The van der Waals surface area contributed by atoms with Gasteiger partial charge in [-0.2, -0.15) is 0 Å². The molecule has 0 aromatic heterocycles. The van der Waals surface area contributed by atoms with Gasteiger partial charge in [0.1, 0.15) is 0 Å². The number of halogens is 2. The van der Waals surface area contributed by atoms with E-state index in [0.717, 1.165) is 23.7 Å². The first-order chi connectivity index (χ1) is 6.63. The third kappa shape index (κ3) is 3.49. The second-order valence-corrected chi connectivity index (χ2v) is 4.34. The molecule has 0 radical (unpaired) electrons. The van der Waals surface area contributed by atoms with Crippen molar-refractivity contribution < 1.29 is 0 Å². The molecule has 14 heavy (non-hydrogen) atoms. The van der Waals surface area contributed by atoms with Crippen LogP contribution in [0.4, 0.5) is 0 Å². The molecule has 0 N–H and O–H groups in total. The molecule has 1 rings (SSSR count). The highest BCUT2D eigenvalue weighted by Crippen LogP contribution is 2.23. The lowest BCUT2D eigenvalue weighted by Gasteiger charge is -2.18. The molecular weight excluding hydrogens is 217 g/mol. The maximum Gasteiger partial charge on any atom is 0.0712 e. The second-order valence-electron chi connectivity index (χ2n) is 3.38. The van der Waals surface area contributed by atoms with Crippen molar-refractivity contribution in [2.75, 3.05) is 20.1 Å². The monoisotopic (exact) mass is 231 g/mol. The summed E-state index contributed by atoms with van der Waals surface area (Å²) in [5, 5.41) is 0.756. The van der Waals surface area contributed by atoms with Crippen molar-refractivity contribution in [3.05, 3.63) is 34.9 Å². The molecule has 0 aliphatic heterocycles. The van der Waals surface area contributed by atoms with Gasteiger partial charge in [0.25, 0.3) is 0 Å². The van der Waals surface area contributed by atoms with Crippen molar-refractivity contribution >= 4 is 23.2 Å². The molecule has 1 atom stereocenters. The molecule has 0 saturated heterocycles. The Hall–Kier alpha value is -0.240. The van der Waals surface area contributed by atoms with Gasteiger partial charge in [0.15, 0.2) is 0 Å². The van der Waals surface area contributed by atoms with E-state index in [1.54, 1.807) is 0 Å². The zero-order valence-electron chi connectivity index (χ0n) is 8.50. The highest BCUT2D eigenvalue weighted by atomic mass is 35.5. The first-order valence-electron chi connectivity index (χ1n) is 4.71. The molecule has 3 heteroatoms. The minimum absolute atomic E-state index is 0.0126. The van der Waals surface area contributed by atoms with Gasteiger partial charge in [-0.15, -0.1) is 11.6 Å². The van der Waals surface area contributed by atoms with Crippen LogP contribution in [-0.2, 0) is 0 Å². The first kappa shape index (κ1) is 11.8. The van der Waals surface area contributed by atoms with Crippen LogP contribution in [0.1, 0.15) is 17.9 Å². The van der Waals surface area contributed by atoms with Crippen LogP contribution in [-0.4, -0.2) is 25.0 Å². The summed E-state index contributed by atoms with van der Waals surface area (Å²) in [6, 6.07) is 7.72. The van der Waals surface area contributed by atoms with Gasteiger partial charge in [0.05, 0.1) is 5.38 Å². The Labute approximate surface area is 95.6 Å². The molecule has 0 amide bonds. The van der Waals surface area contributed by atoms with Crippen molar-refractivity contribution in [2.45, 2.75) is 12.3 Å². The SMILES string of the molecule is CCN(C)CC(Cl)c1cccc(Cl)c1. The van der Waals surface area contributed by atoms with E-state index in [-0.39, 0.29) is 5.38 Å². The van der Waals surface area contributed by atoms with E-state index >= 15 is 0 Å². The minimum Gasteiger partial charge on any atom is -0.305 e. The molecule has 0 bridgehead atoms. The predicted molar refractivity (Wildman–Crippen MR) is 63.2 cm³/mol. The van der Waals surface area contributed by atoms with Crippen molar-refractivity contribution in [3.8, 4) is 0 Å². The molecule has 0 fully saturated rings. The molecule has 0 saturated carbocycles. The number of nitrogens with zero attached hydrogens (tertiary/aromatic N) is 1. The normalized spacial score (nSPS) is 13.2. The summed E-state index contributed by atoms with van der Waals surface area (Å²) >= 11 is 12.1. The molecular formula is C11H15Cl2N. The summed E-state index contributed by atoms with van der Waals surface area (Å²) in [5.74, 6) is 0. The maximum atomic E-state index is 6.25. The topological polar surface area (TPSA) is 3.24 Å². The Kier molecular flexibility index (Phi) is 4.73. The molecule has 1 unspecified atom stereocenters. The van der Waals surface area contributed by atoms with Gasteiger partial charge in [-0.1, -0.05) is 30.7 Å². The number of hydrogen-bond donors (Lipinski definition) is 0. The molecule has 0 aliphatic rings. The second kappa shape index (κ2) is 5.59. The van der Waals surface area contributed by atoms with Crippen molar-refractivity contribution in [1.82, 2.24) is 4.90 Å². The van der Waals surface area contributed by atoms with Crippen LogP contribution >= 0.6 is 23.2 Å². The average molecular weight is 232 g/mol. The van der Waals surface area contributed by atoms with Crippen LogP contribution in [0.25, 0.3) is 0 Å². The lowest BCUT2D eigenvalue weighted by Crippen LogP contribution is -2.22. The molecule has 1 nitrogen and oxygen atoms in total. The minimum atomic E-state index is 0.0126. The van der Waals surface area contributed by atoms with E-state index in [1.165, 1.54) is 0 Å². The largest absolute Gasteiger partial charge is 0.305 e. The Balaban J connectivity index is 2.64. The quantitative estimate of drug-likeness (QED) is 0.717. The van der Waals surface area contributed by atoms with Gasteiger partial charge in [0.2, 0.25) is 0 Å². The highest BCUT2D eigenvalue weighted by molar-refractivity contribution is 6.30. The molecule has 0 heterocycles. The lowest BCUT2D eigenvalue weighted by molar-refractivity contribution is 0.353. The molecule has 0 spiro atoms. The van der Waals surface area contributed by atoms with Crippen LogP contribution in [0.2, 0.25) is 5.02 Å². The van der Waals surface area contributed by atoms with Crippen LogP contribution in [0.5, 0.6) is 0 Å². The van der Waals surface area contributed by atoms with Crippen molar-refractivity contribution in [3.63, 3.8) is 0 Å². The third-order valence-corrected chi connectivity index (χ3v) is 2.85. The Bertz CT molecular complexity index is 288. The smallest absolute Gasteiger partial charge is 0.0712 e. The molecule has 0 aliphatic carbocycles. The standard InChI is InChI=1S/C11H15Cl2N/c1-3-14(2)8-11(13)9-5-4-6-10(12)7-9/h4-7,11H,3,8H2,1-2H3. The summed E-state index contributed by atoms with van der Waals surface area (Å²) in [6.45, 7) is 3.96. The summed E-state index contributed by atoms with van der Waals surface area (Å²) in [7, 11) is 2.06. The summed E-state index contributed by atoms with van der Waals surface area (Å²) < 4.78 is 0. The van der Waals surface area contributed by atoms with E-state index in [1.807, 2.05) is 24.3 Å². The molecule has 1 aromatic carbocycles. The maximum absolute atomic E-state index is 6.25. The van der Waals surface area contributed by atoms with Crippen LogP contribution in [0, 0.1) is 0 Å². The van der Waals surface area contributed by atoms with Crippen LogP contribution < -0.4 is 0 Å². The number of alkyl halides is 1. The van der Waals surface area contributed by atoms with Gasteiger partial charge in [-0.25, -0.2) is 0 Å². The van der Waals surface area contributed by atoms with Crippen LogP contribution in [0.15, 0.2) is 24.3 Å². The van der Waals surface area contributed by atoms with Crippen molar-refractivity contribution in [2.24, 2.45) is 0 Å². The van der Waals surface area contributed by atoms with Gasteiger partial charge < -0.3 is 4.90 Å². The van der Waals surface area contributed by atoms with E-state index in [2.05, 4.69) is 18.9 Å². The summed E-state index contributed by atoms with van der Waals surface area (Å²) in [4.78, 5) is 2.18. The van der Waals surface area contributed by atoms with Gasteiger partial charge in [-0.05, 0) is 31.3 Å². The number of hydrogen-bond acceptors (Lipinski definition) is 1. The lowest BCUT2D eigenvalue weighted by atomic mass is 10.1. The van der Waals surface area contributed by atoms with Gasteiger partial charge in [-0.3, -0.25) is 0 Å². The fourth-order valence-corrected chi connectivity index (χ4v) is 1.78. The van der Waals surface area contributed by atoms with E-state index < -0.39 is 0 Å². The zero-order chi connectivity index (χ0) is 10.6. The predicted octanol–water partition coefficient (Wildman–Crippen LogP) is 3.57. The third-order valence-electron chi connectivity index (χ3n) is 2.22. The summed E-state index contributed by atoms with van der Waals surface area (Å²) in [6.07, 6.45) is 0. The number of benzene rings is 1. The van der Waals surface area contributed by atoms with E-state index in [9.17, 15) is 0 Å². The van der Waals surface area contributed by atoms with Crippen LogP contribution in [0.3, 0.4) is 0 Å². The van der Waals surface area contributed by atoms with E-state index in [0.29, 0.717) is 0 Å². The first-order valence-corrected chi connectivity index (χ1v) is 5.53. The molecule has 1 aromatic rings. The fourth-order valence-electron chi connectivity index (χ4n) is 1.21. The van der Waals surface area contributed by atoms with Gasteiger partial charge >= 0.3 is 0 Å². The van der Waals surface area contributed by atoms with E-state index in [4.69, 9.17) is 23.2 Å².